The lowest BCUT2D eigenvalue weighted by molar-refractivity contribution is -0.119. The van der Waals surface area contributed by atoms with Crippen LogP contribution < -0.4 is 5.32 Å². The summed E-state index contributed by atoms with van der Waals surface area (Å²) in [6, 6.07) is 3.32. The van der Waals surface area contributed by atoms with Crippen molar-refractivity contribution < 1.29 is 13.6 Å². The molecule has 0 aliphatic rings. The number of hydrogen-bond donors (Lipinski definition) is 1. The smallest absolute Gasteiger partial charge is 0.235 e. The number of alkyl halides is 1. The van der Waals surface area contributed by atoms with Gasteiger partial charge in [-0.05, 0) is 25.5 Å². The van der Waals surface area contributed by atoms with Crippen LogP contribution in [-0.2, 0) is 11.2 Å². The molecule has 1 rings (SSSR count). The average molecular weight is 248 g/mol. The predicted molar refractivity (Wildman–Crippen MR) is 58.4 cm³/mol. The van der Waals surface area contributed by atoms with Crippen LogP contribution in [0.4, 0.5) is 8.78 Å². The van der Waals surface area contributed by atoms with Gasteiger partial charge >= 0.3 is 0 Å². The summed E-state index contributed by atoms with van der Waals surface area (Å²) >= 11 is 5.30. The second-order valence-electron chi connectivity index (χ2n) is 3.51. The van der Waals surface area contributed by atoms with E-state index in [1.54, 1.807) is 6.92 Å². The van der Waals surface area contributed by atoms with Gasteiger partial charge in [0.2, 0.25) is 5.91 Å². The lowest BCUT2D eigenvalue weighted by Crippen LogP contribution is -2.35. The average Bonchev–Trinajstić information content (AvgIpc) is 2.23. The van der Waals surface area contributed by atoms with Gasteiger partial charge in [-0.1, -0.05) is 6.07 Å². The van der Waals surface area contributed by atoms with Crippen LogP contribution in [0.5, 0.6) is 0 Å². The van der Waals surface area contributed by atoms with Crippen LogP contribution in [0.2, 0.25) is 0 Å². The molecule has 0 fully saturated rings. The van der Waals surface area contributed by atoms with Crippen molar-refractivity contribution in [2.45, 2.75) is 19.4 Å². The van der Waals surface area contributed by atoms with Gasteiger partial charge in [-0.25, -0.2) is 8.78 Å². The molecule has 0 aliphatic heterocycles. The molecule has 0 heterocycles. The minimum absolute atomic E-state index is 0.0233. The van der Waals surface area contributed by atoms with Gasteiger partial charge in [0.05, 0.1) is 0 Å². The van der Waals surface area contributed by atoms with E-state index in [0.29, 0.717) is 0 Å². The second-order valence-corrected chi connectivity index (χ2v) is 3.77. The van der Waals surface area contributed by atoms with Crippen LogP contribution in [0.25, 0.3) is 0 Å². The Hall–Kier alpha value is -1.16. The molecule has 0 aliphatic carbocycles. The molecule has 0 saturated heterocycles. The first kappa shape index (κ1) is 12.9. The van der Waals surface area contributed by atoms with Gasteiger partial charge in [0.25, 0.3) is 0 Å². The summed E-state index contributed by atoms with van der Waals surface area (Å²) in [5, 5.41) is 2.53. The van der Waals surface area contributed by atoms with Gasteiger partial charge in [0, 0.05) is 11.6 Å². The van der Waals surface area contributed by atoms with Crippen molar-refractivity contribution in [1.82, 2.24) is 5.32 Å². The van der Waals surface area contributed by atoms with E-state index in [2.05, 4.69) is 5.32 Å². The van der Waals surface area contributed by atoms with Crippen molar-refractivity contribution in [2.24, 2.45) is 0 Å². The molecule has 0 aromatic heterocycles. The molecule has 1 aromatic carbocycles. The van der Waals surface area contributed by atoms with Crippen molar-refractivity contribution in [3.05, 3.63) is 35.4 Å². The molecule has 0 saturated carbocycles. The van der Waals surface area contributed by atoms with Gasteiger partial charge in [-0.3, -0.25) is 4.79 Å². The fourth-order valence-electron chi connectivity index (χ4n) is 1.40. The fraction of sp³-hybridized carbons (Fsp3) is 0.364. The molecule has 0 bridgehead atoms. The van der Waals surface area contributed by atoms with E-state index in [1.165, 1.54) is 18.2 Å². The third-order valence-corrected chi connectivity index (χ3v) is 2.34. The Morgan fingerprint density at radius 1 is 1.44 bits per heavy atom. The van der Waals surface area contributed by atoms with Crippen LogP contribution in [0.15, 0.2) is 18.2 Å². The first-order chi connectivity index (χ1) is 7.54. The van der Waals surface area contributed by atoms with Gasteiger partial charge in [-0.15, -0.1) is 11.6 Å². The molecule has 5 heteroatoms. The van der Waals surface area contributed by atoms with Crippen molar-refractivity contribution >= 4 is 17.5 Å². The Kier molecular flexibility index (Phi) is 4.68. The third kappa shape index (κ3) is 3.45. The summed E-state index contributed by atoms with van der Waals surface area (Å²) in [6.07, 6.45) is 0.0983. The Balaban J connectivity index is 2.69. The predicted octanol–water partition coefficient (Wildman–Crippen LogP) is 2.25. The normalized spacial score (nSPS) is 12.2. The van der Waals surface area contributed by atoms with Crippen molar-refractivity contribution in [2.75, 3.05) is 5.88 Å². The quantitative estimate of drug-likeness (QED) is 0.813. The van der Waals surface area contributed by atoms with E-state index in [1.807, 2.05) is 0 Å². The minimum atomic E-state index is -0.605. The molecule has 0 spiro atoms. The molecule has 1 amide bonds. The SMILES string of the molecule is C[C@H](Cc1c(F)cccc1F)NC(=O)CCl. The van der Waals surface area contributed by atoms with E-state index in [-0.39, 0.29) is 29.8 Å². The molecule has 0 radical (unpaired) electrons. The Labute approximate surface area is 97.6 Å². The summed E-state index contributed by atoms with van der Waals surface area (Å²) in [5.41, 5.74) is -0.0233. The molecule has 1 N–H and O–H groups in total. The van der Waals surface area contributed by atoms with Gasteiger partial charge in [-0.2, -0.15) is 0 Å². The van der Waals surface area contributed by atoms with E-state index < -0.39 is 11.6 Å². The first-order valence-electron chi connectivity index (χ1n) is 4.82. The third-order valence-electron chi connectivity index (χ3n) is 2.10. The van der Waals surface area contributed by atoms with Crippen LogP contribution in [0.3, 0.4) is 0 Å². The number of amides is 1. The molecule has 2 nitrogen and oxygen atoms in total. The monoisotopic (exact) mass is 247 g/mol. The second kappa shape index (κ2) is 5.80. The number of carbonyl (C=O) groups excluding carboxylic acids is 1. The Morgan fingerprint density at radius 3 is 2.50 bits per heavy atom. The zero-order valence-corrected chi connectivity index (χ0v) is 9.52. The zero-order chi connectivity index (χ0) is 12.1. The molecule has 0 unspecified atom stereocenters. The highest BCUT2D eigenvalue weighted by Crippen LogP contribution is 2.13. The van der Waals surface area contributed by atoms with Gasteiger partial charge < -0.3 is 5.32 Å². The minimum Gasteiger partial charge on any atom is -0.352 e. The Bertz CT molecular complexity index is 364. The van der Waals surface area contributed by atoms with Gasteiger partial charge in [0.1, 0.15) is 17.5 Å². The molecule has 1 aromatic rings. The van der Waals surface area contributed by atoms with Crippen LogP contribution in [-0.4, -0.2) is 17.8 Å². The summed E-state index contributed by atoms with van der Waals surface area (Å²) in [6.45, 7) is 1.66. The molecular weight excluding hydrogens is 236 g/mol. The van der Waals surface area contributed by atoms with E-state index >= 15 is 0 Å². The number of halogens is 3. The lowest BCUT2D eigenvalue weighted by atomic mass is 10.1. The van der Waals surface area contributed by atoms with Gasteiger partial charge in [0.15, 0.2) is 0 Å². The standard InChI is InChI=1S/C11H12ClF2NO/c1-7(15-11(16)6-12)5-8-9(13)3-2-4-10(8)14/h2-4,7H,5-6H2,1H3,(H,15,16)/t7-/m1/s1. The molecule has 1 atom stereocenters. The number of rotatable bonds is 4. The zero-order valence-electron chi connectivity index (χ0n) is 8.77. The van der Waals surface area contributed by atoms with E-state index in [4.69, 9.17) is 11.6 Å². The maximum atomic E-state index is 13.3. The highest BCUT2D eigenvalue weighted by Gasteiger charge is 2.13. The number of carbonyl (C=O) groups is 1. The number of nitrogens with one attached hydrogen (secondary N) is 1. The van der Waals surface area contributed by atoms with Crippen LogP contribution in [0, 0.1) is 11.6 Å². The van der Waals surface area contributed by atoms with Crippen molar-refractivity contribution in [3.8, 4) is 0 Å². The van der Waals surface area contributed by atoms with E-state index in [0.717, 1.165) is 0 Å². The summed E-state index contributed by atoms with van der Waals surface area (Å²) in [7, 11) is 0. The van der Waals surface area contributed by atoms with Crippen LogP contribution in [0.1, 0.15) is 12.5 Å². The number of benzene rings is 1. The van der Waals surface area contributed by atoms with Crippen LogP contribution >= 0.6 is 11.6 Å². The largest absolute Gasteiger partial charge is 0.352 e. The summed E-state index contributed by atoms with van der Waals surface area (Å²) in [4.78, 5) is 11.0. The first-order valence-corrected chi connectivity index (χ1v) is 5.36. The molecule has 16 heavy (non-hydrogen) atoms. The maximum Gasteiger partial charge on any atom is 0.235 e. The maximum absolute atomic E-state index is 13.3. The van der Waals surface area contributed by atoms with E-state index in [9.17, 15) is 13.6 Å². The fourth-order valence-corrected chi connectivity index (χ4v) is 1.48. The highest BCUT2D eigenvalue weighted by atomic mass is 35.5. The topological polar surface area (TPSA) is 29.1 Å². The highest BCUT2D eigenvalue weighted by molar-refractivity contribution is 6.27. The Morgan fingerprint density at radius 2 is 2.00 bits per heavy atom. The lowest BCUT2D eigenvalue weighted by Gasteiger charge is -2.13. The summed E-state index contributed by atoms with van der Waals surface area (Å²) < 4.78 is 26.5. The van der Waals surface area contributed by atoms with Crippen molar-refractivity contribution in [1.29, 1.82) is 0 Å². The summed E-state index contributed by atoms with van der Waals surface area (Å²) in [5.74, 6) is -1.73. The number of hydrogen-bond acceptors (Lipinski definition) is 1. The molecular formula is C11H12ClF2NO. The van der Waals surface area contributed by atoms with Crippen molar-refractivity contribution in [3.63, 3.8) is 0 Å². The molecule has 88 valence electrons.